The fourth-order valence-electron chi connectivity index (χ4n) is 5.50. The fourth-order valence-corrected chi connectivity index (χ4v) is 5.50. The third-order valence-electron chi connectivity index (χ3n) is 7.56. The van der Waals surface area contributed by atoms with Crippen molar-refractivity contribution in [2.75, 3.05) is 0 Å². The van der Waals surface area contributed by atoms with E-state index >= 15 is 0 Å². The molecule has 3 atom stereocenters. The van der Waals surface area contributed by atoms with Gasteiger partial charge in [0.05, 0.1) is 0 Å². The average molecular weight is 356 g/mol. The standard InChI is InChI=1S/C24H37NO/c1-6-7-8-9-12-23(2,3)16-10-11-17(22(26)13-16)18-14-21(25)20-15-19(18)24(20,4)5/h10-11,13,18-20,25-26H,6-9,12,14-15H2,1-5H3/t18-,19+,20?/m1/s1. The predicted molar refractivity (Wildman–Crippen MR) is 110 cm³/mol. The lowest BCUT2D eigenvalue weighted by Crippen LogP contribution is -2.55. The first-order chi connectivity index (χ1) is 12.2. The number of fused-ring (bicyclic) bond motifs is 2. The van der Waals surface area contributed by atoms with Crippen LogP contribution in [0, 0.1) is 22.7 Å². The molecule has 144 valence electrons. The molecule has 0 heterocycles. The highest BCUT2D eigenvalue weighted by Crippen LogP contribution is 2.63. The molecule has 0 radical (unpaired) electrons. The van der Waals surface area contributed by atoms with Gasteiger partial charge in [-0.25, -0.2) is 0 Å². The molecular formula is C24H37NO. The first-order valence-electron chi connectivity index (χ1n) is 10.6. The molecule has 1 unspecified atom stereocenters. The van der Waals surface area contributed by atoms with Crippen molar-refractivity contribution in [2.45, 2.75) is 90.9 Å². The van der Waals surface area contributed by atoms with Crippen LogP contribution in [0.4, 0.5) is 0 Å². The van der Waals surface area contributed by atoms with E-state index in [-0.39, 0.29) is 10.8 Å². The van der Waals surface area contributed by atoms with Crippen LogP contribution < -0.4 is 0 Å². The summed E-state index contributed by atoms with van der Waals surface area (Å²) in [5, 5.41) is 19.2. The summed E-state index contributed by atoms with van der Waals surface area (Å²) < 4.78 is 0. The Balaban J connectivity index is 1.76. The van der Waals surface area contributed by atoms with Crippen LogP contribution in [0.25, 0.3) is 0 Å². The van der Waals surface area contributed by atoms with E-state index in [1.165, 1.54) is 31.2 Å². The van der Waals surface area contributed by atoms with E-state index in [1.807, 2.05) is 6.07 Å². The van der Waals surface area contributed by atoms with Crippen LogP contribution in [0.2, 0.25) is 0 Å². The van der Waals surface area contributed by atoms with E-state index in [9.17, 15) is 5.11 Å². The minimum atomic E-state index is 0.101. The Morgan fingerprint density at radius 1 is 1.19 bits per heavy atom. The Kier molecular flexibility index (Phi) is 5.25. The van der Waals surface area contributed by atoms with Crippen LogP contribution in [0.1, 0.15) is 96.6 Å². The van der Waals surface area contributed by atoms with Gasteiger partial charge in [-0.1, -0.05) is 72.4 Å². The molecule has 0 aromatic heterocycles. The molecule has 4 rings (SSSR count). The van der Waals surface area contributed by atoms with Crippen molar-refractivity contribution in [3.8, 4) is 5.75 Å². The number of nitrogens with one attached hydrogen (secondary N) is 1. The van der Waals surface area contributed by atoms with Gasteiger partial charge in [-0.2, -0.15) is 0 Å². The number of unbranched alkanes of at least 4 members (excludes halogenated alkanes) is 3. The van der Waals surface area contributed by atoms with Crippen molar-refractivity contribution in [1.29, 1.82) is 5.41 Å². The molecule has 3 aliphatic rings. The molecule has 0 aliphatic heterocycles. The van der Waals surface area contributed by atoms with Gasteiger partial charge in [0.15, 0.2) is 0 Å². The molecule has 26 heavy (non-hydrogen) atoms. The summed E-state index contributed by atoms with van der Waals surface area (Å²) >= 11 is 0. The molecule has 3 aliphatic carbocycles. The second-order valence-corrected chi connectivity index (χ2v) is 10.0. The van der Waals surface area contributed by atoms with Gasteiger partial charge >= 0.3 is 0 Å². The van der Waals surface area contributed by atoms with Crippen molar-refractivity contribution in [3.05, 3.63) is 29.3 Å². The zero-order valence-electron chi connectivity index (χ0n) is 17.4. The zero-order chi connectivity index (χ0) is 19.1. The van der Waals surface area contributed by atoms with Crippen LogP contribution >= 0.6 is 0 Å². The molecule has 1 aromatic carbocycles. The number of rotatable bonds is 7. The van der Waals surface area contributed by atoms with Gasteiger partial charge in [-0.05, 0) is 59.1 Å². The Morgan fingerprint density at radius 2 is 1.92 bits per heavy atom. The summed E-state index contributed by atoms with van der Waals surface area (Å²) in [6.45, 7) is 11.4. The maximum Gasteiger partial charge on any atom is 0.119 e. The SMILES string of the molecule is CCCCCCC(C)(C)c1ccc([C@H]2CC(=N)C3C[C@@H]2C3(C)C)c(O)c1. The Labute approximate surface area is 159 Å². The maximum absolute atomic E-state index is 10.8. The zero-order valence-corrected chi connectivity index (χ0v) is 17.4. The van der Waals surface area contributed by atoms with Crippen LogP contribution in [0.15, 0.2) is 18.2 Å². The highest BCUT2D eigenvalue weighted by molar-refractivity contribution is 5.88. The summed E-state index contributed by atoms with van der Waals surface area (Å²) in [4.78, 5) is 0. The predicted octanol–water partition coefficient (Wildman–Crippen LogP) is 6.81. The molecule has 1 aromatic rings. The minimum Gasteiger partial charge on any atom is -0.508 e. The third-order valence-corrected chi connectivity index (χ3v) is 7.56. The lowest BCUT2D eigenvalue weighted by Gasteiger charge is -2.60. The largest absolute Gasteiger partial charge is 0.508 e. The van der Waals surface area contributed by atoms with Crippen LogP contribution in [0.5, 0.6) is 5.75 Å². The number of phenolic OH excluding ortho intramolecular Hbond substituents is 1. The Bertz CT molecular complexity index is 673. The van der Waals surface area contributed by atoms with Crippen molar-refractivity contribution in [2.24, 2.45) is 17.3 Å². The van der Waals surface area contributed by atoms with Gasteiger partial charge in [0.25, 0.3) is 0 Å². The summed E-state index contributed by atoms with van der Waals surface area (Å²) in [5.41, 5.74) is 3.51. The fraction of sp³-hybridized carbons (Fsp3) is 0.708. The third kappa shape index (κ3) is 3.32. The summed E-state index contributed by atoms with van der Waals surface area (Å²) in [5.74, 6) is 1.82. The molecule has 0 saturated heterocycles. The molecule has 3 fully saturated rings. The van der Waals surface area contributed by atoms with Gasteiger partial charge in [0.1, 0.15) is 5.75 Å². The highest BCUT2D eigenvalue weighted by atomic mass is 16.3. The molecule has 3 saturated carbocycles. The second-order valence-electron chi connectivity index (χ2n) is 10.0. The topological polar surface area (TPSA) is 44.1 Å². The van der Waals surface area contributed by atoms with Crippen LogP contribution in [0.3, 0.4) is 0 Å². The minimum absolute atomic E-state index is 0.101. The van der Waals surface area contributed by atoms with Crippen molar-refractivity contribution in [3.63, 3.8) is 0 Å². The molecule has 2 nitrogen and oxygen atoms in total. The van der Waals surface area contributed by atoms with E-state index in [1.54, 1.807) is 0 Å². The molecule has 2 N–H and O–H groups in total. The van der Waals surface area contributed by atoms with Crippen molar-refractivity contribution >= 4 is 5.71 Å². The number of hydrogen-bond donors (Lipinski definition) is 2. The van der Waals surface area contributed by atoms with Crippen molar-refractivity contribution < 1.29 is 5.11 Å². The number of hydrogen-bond acceptors (Lipinski definition) is 2. The maximum atomic E-state index is 10.8. The molecule has 0 amide bonds. The van der Waals surface area contributed by atoms with Gasteiger partial charge in [0, 0.05) is 11.6 Å². The molecular weight excluding hydrogens is 318 g/mol. The van der Waals surface area contributed by atoms with E-state index in [4.69, 9.17) is 5.41 Å². The van der Waals surface area contributed by atoms with Gasteiger partial charge < -0.3 is 10.5 Å². The lowest BCUT2D eigenvalue weighted by atomic mass is 9.44. The Morgan fingerprint density at radius 3 is 2.50 bits per heavy atom. The van der Waals surface area contributed by atoms with E-state index in [0.29, 0.717) is 23.5 Å². The van der Waals surface area contributed by atoms with E-state index in [0.717, 1.165) is 30.5 Å². The summed E-state index contributed by atoms with van der Waals surface area (Å²) in [6, 6.07) is 6.40. The Hall–Kier alpha value is -1.31. The van der Waals surface area contributed by atoms with Crippen molar-refractivity contribution in [1.82, 2.24) is 0 Å². The quantitative estimate of drug-likeness (QED) is 0.518. The van der Waals surface area contributed by atoms with Crippen LogP contribution in [-0.2, 0) is 5.41 Å². The monoisotopic (exact) mass is 355 g/mol. The lowest BCUT2D eigenvalue weighted by molar-refractivity contribution is -0.0160. The van der Waals surface area contributed by atoms with E-state index < -0.39 is 0 Å². The summed E-state index contributed by atoms with van der Waals surface area (Å²) in [7, 11) is 0. The normalized spacial score (nSPS) is 27.3. The van der Waals surface area contributed by atoms with E-state index in [2.05, 4.69) is 46.8 Å². The molecule has 0 spiro atoms. The number of aromatic hydroxyl groups is 1. The molecule has 2 bridgehead atoms. The van der Waals surface area contributed by atoms with Gasteiger partial charge in [-0.15, -0.1) is 0 Å². The smallest absolute Gasteiger partial charge is 0.119 e. The molecule has 2 heteroatoms. The summed E-state index contributed by atoms with van der Waals surface area (Å²) in [6.07, 6.45) is 8.24. The number of phenols is 1. The van der Waals surface area contributed by atoms with Gasteiger partial charge in [0.2, 0.25) is 0 Å². The number of benzene rings is 1. The van der Waals surface area contributed by atoms with Gasteiger partial charge in [-0.3, -0.25) is 0 Å². The van der Waals surface area contributed by atoms with Crippen LogP contribution in [-0.4, -0.2) is 10.8 Å². The highest BCUT2D eigenvalue weighted by Gasteiger charge is 2.57. The first-order valence-corrected chi connectivity index (χ1v) is 10.6. The second kappa shape index (κ2) is 7.02. The first kappa shape index (κ1) is 19.5. The average Bonchev–Trinajstić information content (AvgIpc) is 2.57.